The first-order valence-corrected chi connectivity index (χ1v) is 10.9. The van der Waals surface area contributed by atoms with E-state index in [2.05, 4.69) is 23.8 Å². The summed E-state index contributed by atoms with van der Waals surface area (Å²) in [4.78, 5) is 32.5. The number of rotatable bonds is 8. The molecular weight excluding hydrogens is 422 g/mol. The van der Waals surface area contributed by atoms with Crippen molar-refractivity contribution in [3.8, 4) is 28.1 Å². The second-order valence-electron chi connectivity index (χ2n) is 8.49. The molecule has 8 nitrogen and oxygen atoms in total. The van der Waals surface area contributed by atoms with Gasteiger partial charge in [0.1, 0.15) is 17.6 Å². The van der Waals surface area contributed by atoms with Crippen LogP contribution in [0.15, 0.2) is 47.9 Å². The number of nitrogens with zero attached hydrogens (tertiary/aromatic N) is 3. The number of methoxy groups -OCH3 is 1. The van der Waals surface area contributed by atoms with Crippen molar-refractivity contribution < 1.29 is 19.4 Å². The van der Waals surface area contributed by atoms with Crippen molar-refractivity contribution in [3.63, 3.8) is 0 Å². The Kier molecular flexibility index (Phi) is 6.55. The summed E-state index contributed by atoms with van der Waals surface area (Å²) < 4.78 is 13.2. The van der Waals surface area contributed by atoms with Gasteiger partial charge in [0.25, 0.3) is 0 Å². The molecule has 2 aromatic heterocycles. The molecule has 0 saturated carbocycles. The van der Waals surface area contributed by atoms with Gasteiger partial charge < -0.3 is 19.1 Å². The van der Waals surface area contributed by atoms with Crippen LogP contribution in [0.5, 0.6) is 5.75 Å². The Bertz CT molecular complexity index is 1220. The van der Waals surface area contributed by atoms with E-state index < -0.39 is 11.4 Å². The van der Waals surface area contributed by atoms with Crippen LogP contribution in [-0.2, 0) is 11.2 Å². The lowest BCUT2D eigenvalue weighted by Crippen LogP contribution is -2.28. The second kappa shape index (κ2) is 9.54. The minimum absolute atomic E-state index is 0.0125. The largest absolute Gasteiger partial charge is 0.493 e. The lowest BCUT2D eigenvalue weighted by molar-refractivity contribution is 0.0694. The molecule has 0 spiro atoms. The molecule has 3 aromatic rings. The lowest BCUT2D eigenvalue weighted by atomic mass is 9.85. The third kappa shape index (κ3) is 4.52. The van der Waals surface area contributed by atoms with Crippen LogP contribution in [0.4, 0.5) is 0 Å². The summed E-state index contributed by atoms with van der Waals surface area (Å²) in [6.45, 7) is 5.29. The molecular formula is C25H27N3O5. The molecule has 33 heavy (non-hydrogen) atoms. The maximum Gasteiger partial charge on any atom is 0.341 e. The number of ether oxygens (including phenoxy) is 2. The number of aromatic nitrogens is 3. The van der Waals surface area contributed by atoms with Gasteiger partial charge >= 0.3 is 5.97 Å². The van der Waals surface area contributed by atoms with E-state index in [-0.39, 0.29) is 17.5 Å². The van der Waals surface area contributed by atoms with E-state index in [0.717, 1.165) is 34.4 Å². The molecule has 1 aliphatic rings. The Morgan fingerprint density at radius 3 is 2.61 bits per heavy atom. The number of carbonyl (C=O) groups is 1. The van der Waals surface area contributed by atoms with Crippen LogP contribution in [-0.4, -0.2) is 45.9 Å². The van der Waals surface area contributed by atoms with Crippen LogP contribution in [0.3, 0.4) is 0 Å². The highest BCUT2D eigenvalue weighted by molar-refractivity contribution is 5.88. The van der Waals surface area contributed by atoms with Crippen molar-refractivity contribution in [2.45, 2.75) is 32.7 Å². The van der Waals surface area contributed by atoms with E-state index in [1.165, 1.54) is 18.6 Å². The molecule has 0 aliphatic carbocycles. The van der Waals surface area contributed by atoms with Gasteiger partial charge in [-0.25, -0.2) is 14.8 Å². The number of pyridine rings is 1. The minimum atomic E-state index is -1.22. The maximum atomic E-state index is 12.6. The van der Waals surface area contributed by atoms with Crippen molar-refractivity contribution in [1.29, 1.82) is 0 Å². The van der Waals surface area contributed by atoms with Gasteiger partial charge in [-0.2, -0.15) is 0 Å². The van der Waals surface area contributed by atoms with Crippen molar-refractivity contribution >= 4 is 5.97 Å². The molecule has 3 heterocycles. The van der Waals surface area contributed by atoms with Gasteiger partial charge in [-0.15, -0.1) is 0 Å². The third-order valence-corrected chi connectivity index (χ3v) is 5.97. The molecule has 1 atom stereocenters. The highest BCUT2D eigenvalue weighted by atomic mass is 16.5. The van der Waals surface area contributed by atoms with E-state index in [9.17, 15) is 14.7 Å². The second-order valence-corrected chi connectivity index (χ2v) is 8.49. The molecule has 1 N–H and O–H groups in total. The standard InChI is InChI=1S/C25H27N3O5/c1-15(2)21-7-16-8-24(33-6-4-5-32-3)19(17-11-26-14-27-12-17)9-18(16)22-10-23(29)20(25(30)31)13-28(21)22/h8-15,21H,4-7H2,1-3H3,(H,30,31). The number of hydrogen-bond donors (Lipinski definition) is 1. The number of aromatic carboxylic acids is 1. The van der Waals surface area contributed by atoms with Crippen LogP contribution >= 0.6 is 0 Å². The Morgan fingerprint density at radius 1 is 1.18 bits per heavy atom. The fourth-order valence-electron chi connectivity index (χ4n) is 4.28. The third-order valence-electron chi connectivity index (χ3n) is 5.97. The summed E-state index contributed by atoms with van der Waals surface area (Å²) in [5.41, 5.74) is 3.52. The summed E-state index contributed by atoms with van der Waals surface area (Å²) in [7, 11) is 1.66. The quantitative estimate of drug-likeness (QED) is 0.521. The number of benzene rings is 1. The smallest absolute Gasteiger partial charge is 0.341 e. The number of carboxylic acid groups (broad SMARTS) is 1. The van der Waals surface area contributed by atoms with Crippen LogP contribution in [0.2, 0.25) is 0 Å². The molecule has 1 unspecified atom stereocenters. The normalized spacial score (nSPS) is 14.6. The van der Waals surface area contributed by atoms with Gasteiger partial charge in [0.15, 0.2) is 5.43 Å². The topological polar surface area (TPSA) is 104 Å². The van der Waals surface area contributed by atoms with Crippen LogP contribution in [0.25, 0.3) is 22.4 Å². The monoisotopic (exact) mass is 449 g/mol. The summed E-state index contributed by atoms with van der Waals surface area (Å²) >= 11 is 0. The zero-order valence-corrected chi connectivity index (χ0v) is 18.9. The molecule has 0 bridgehead atoms. The predicted molar refractivity (Wildman–Crippen MR) is 124 cm³/mol. The zero-order chi connectivity index (χ0) is 23.5. The van der Waals surface area contributed by atoms with Crippen LogP contribution < -0.4 is 10.2 Å². The molecule has 0 radical (unpaired) electrons. The highest BCUT2D eigenvalue weighted by Gasteiger charge is 2.29. The van der Waals surface area contributed by atoms with Gasteiger partial charge in [-0.3, -0.25) is 4.79 Å². The van der Waals surface area contributed by atoms with Crippen molar-refractivity contribution in [3.05, 3.63) is 64.5 Å². The van der Waals surface area contributed by atoms with E-state index in [0.29, 0.717) is 25.3 Å². The van der Waals surface area contributed by atoms with Crippen LogP contribution in [0.1, 0.15) is 42.2 Å². The molecule has 172 valence electrons. The van der Waals surface area contributed by atoms with Crippen molar-refractivity contribution in [2.75, 3.05) is 20.3 Å². The molecule has 0 saturated heterocycles. The summed E-state index contributed by atoms with van der Waals surface area (Å²) in [6.07, 6.45) is 7.84. The summed E-state index contributed by atoms with van der Waals surface area (Å²) in [5, 5.41) is 9.48. The van der Waals surface area contributed by atoms with Gasteiger partial charge in [0, 0.05) is 67.5 Å². The first-order valence-electron chi connectivity index (χ1n) is 10.9. The molecule has 0 amide bonds. The maximum absolute atomic E-state index is 12.6. The Hall–Kier alpha value is -3.52. The Morgan fingerprint density at radius 2 is 1.94 bits per heavy atom. The van der Waals surface area contributed by atoms with E-state index in [4.69, 9.17) is 9.47 Å². The molecule has 4 rings (SSSR count). The first-order chi connectivity index (χ1) is 15.9. The van der Waals surface area contributed by atoms with E-state index in [1.54, 1.807) is 19.5 Å². The molecule has 1 aromatic carbocycles. The van der Waals surface area contributed by atoms with Crippen molar-refractivity contribution in [2.24, 2.45) is 5.92 Å². The van der Waals surface area contributed by atoms with Gasteiger partial charge in [-0.1, -0.05) is 13.8 Å². The minimum Gasteiger partial charge on any atom is -0.493 e. The fraction of sp³-hybridized carbons (Fsp3) is 0.360. The van der Waals surface area contributed by atoms with Crippen molar-refractivity contribution in [1.82, 2.24) is 14.5 Å². The zero-order valence-electron chi connectivity index (χ0n) is 18.9. The highest BCUT2D eigenvalue weighted by Crippen LogP contribution is 2.42. The average molecular weight is 450 g/mol. The molecule has 8 heteroatoms. The van der Waals surface area contributed by atoms with Gasteiger partial charge in [-0.05, 0) is 30.0 Å². The first kappa shape index (κ1) is 22.7. The number of fused-ring (bicyclic) bond motifs is 3. The predicted octanol–water partition coefficient (Wildman–Crippen LogP) is 3.84. The average Bonchev–Trinajstić information content (AvgIpc) is 2.80. The summed E-state index contributed by atoms with van der Waals surface area (Å²) in [5.74, 6) is -0.264. The summed E-state index contributed by atoms with van der Waals surface area (Å²) in [6, 6.07) is 5.46. The number of carboxylic acids is 1. The molecule has 0 fully saturated rings. The fourth-order valence-corrected chi connectivity index (χ4v) is 4.28. The van der Waals surface area contributed by atoms with Crippen LogP contribution in [0, 0.1) is 5.92 Å². The van der Waals surface area contributed by atoms with Gasteiger partial charge in [0.2, 0.25) is 0 Å². The Balaban J connectivity index is 1.89. The van der Waals surface area contributed by atoms with E-state index >= 15 is 0 Å². The van der Waals surface area contributed by atoms with Gasteiger partial charge in [0.05, 0.1) is 12.3 Å². The molecule has 1 aliphatic heterocycles. The Labute approximate surface area is 191 Å². The lowest BCUT2D eigenvalue weighted by Gasteiger charge is -2.34. The SMILES string of the molecule is COCCCOc1cc2c(cc1-c1cncnc1)-c1cc(=O)c(C(=O)O)cn1C(C(C)C)C2. The number of hydrogen-bond acceptors (Lipinski definition) is 6. The van der Waals surface area contributed by atoms with E-state index in [1.807, 2.05) is 16.7 Å².